The van der Waals surface area contributed by atoms with E-state index in [9.17, 15) is 0 Å². The number of hydrogen-bond acceptors (Lipinski definition) is 1. The molecule has 0 radical (unpaired) electrons. The number of alkyl halides is 1. The van der Waals surface area contributed by atoms with E-state index in [1.165, 1.54) is 29.5 Å². The summed E-state index contributed by atoms with van der Waals surface area (Å²) in [7, 11) is 1.75. The average Bonchev–Trinajstić information content (AvgIpc) is 3.14. The first-order valence-electron chi connectivity index (χ1n) is 6.40. The molecule has 1 aliphatic carbocycles. The van der Waals surface area contributed by atoms with Crippen molar-refractivity contribution in [3.8, 4) is 5.75 Å². The van der Waals surface area contributed by atoms with Crippen molar-refractivity contribution in [2.24, 2.45) is 5.92 Å². The van der Waals surface area contributed by atoms with E-state index in [0.717, 1.165) is 24.5 Å². The molecule has 1 nitrogen and oxygen atoms in total. The molecule has 0 heterocycles. The number of benzene rings is 1. The molecule has 2 rings (SSSR count). The van der Waals surface area contributed by atoms with E-state index in [2.05, 4.69) is 26.0 Å². The summed E-state index contributed by atoms with van der Waals surface area (Å²) in [6.45, 7) is 4.24. The molecule has 0 saturated heterocycles. The molecule has 0 aliphatic heterocycles. The summed E-state index contributed by atoms with van der Waals surface area (Å²) in [5, 5.41) is 0.348. The highest BCUT2D eigenvalue weighted by atomic mass is 35.5. The Balaban J connectivity index is 2.06. The minimum atomic E-state index is 0.348. The van der Waals surface area contributed by atoms with Gasteiger partial charge in [0.05, 0.1) is 7.11 Å². The van der Waals surface area contributed by atoms with Gasteiger partial charge in [-0.1, -0.05) is 12.1 Å². The van der Waals surface area contributed by atoms with Crippen molar-refractivity contribution in [2.45, 2.75) is 44.9 Å². The molecular weight excluding hydrogens is 232 g/mol. The Hall–Kier alpha value is -0.690. The molecule has 1 aromatic carbocycles. The Labute approximate surface area is 109 Å². The largest absolute Gasteiger partial charge is 0.496 e. The number of halogens is 1. The van der Waals surface area contributed by atoms with E-state index >= 15 is 0 Å². The van der Waals surface area contributed by atoms with Crippen molar-refractivity contribution < 1.29 is 4.74 Å². The molecule has 17 heavy (non-hydrogen) atoms. The molecule has 0 N–H and O–H groups in total. The molecule has 0 spiro atoms. The number of hydrogen-bond donors (Lipinski definition) is 0. The van der Waals surface area contributed by atoms with Crippen LogP contribution in [0.3, 0.4) is 0 Å². The molecule has 94 valence electrons. The van der Waals surface area contributed by atoms with Crippen LogP contribution in [-0.2, 0) is 6.42 Å². The quantitative estimate of drug-likeness (QED) is 0.712. The maximum absolute atomic E-state index is 6.35. The van der Waals surface area contributed by atoms with Crippen molar-refractivity contribution in [1.29, 1.82) is 0 Å². The van der Waals surface area contributed by atoms with Crippen LogP contribution in [0.25, 0.3) is 0 Å². The Morgan fingerprint density at radius 1 is 1.35 bits per heavy atom. The molecule has 0 aromatic heterocycles. The molecule has 1 fully saturated rings. The van der Waals surface area contributed by atoms with Gasteiger partial charge in [-0.05, 0) is 62.1 Å². The van der Waals surface area contributed by atoms with Crippen molar-refractivity contribution in [3.63, 3.8) is 0 Å². The smallest absolute Gasteiger partial charge is 0.125 e. The van der Waals surface area contributed by atoms with Crippen LogP contribution in [-0.4, -0.2) is 12.5 Å². The molecule has 1 atom stereocenters. The van der Waals surface area contributed by atoms with Gasteiger partial charge in [0.1, 0.15) is 5.75 Å². The fourth-order valence-electron chi connectivity index (χ4n) is 2.31. The molecule has 0 amide bonds. The zero-order chi connectivity index (χ0) is 12.4. The molecule has 2 heteroatoms. The van der Waals surface area contributed by atoms with Gasteiger partial charge in [-0.25, -0.2) is 0 Å². The van der Waals surface area contributed by atoms with Gasteiger partial charge < -0.3 is 4.74 Å². The predicted octanol–water partition coefficient (Wildman–Crippen LogP) is 4.26. The van der Waals surface area contributed by atoms with E-state index in [-0.39, 0.29) is 0 Å². The lowest BCUT2D eigenvalue weighted by Gasteiger charge is -2.14. The lowest BCUT2D eigenvalue weighted by atomic mass is 9.99. The van der Waals surface area contributed by atoms with Crippen LogP contribution < -0.4 is 4.74 Å². The Kier molecular flexibility index (Phi) is 3.98. The third kappa shape index (κ3) is 2.95. The first kappa shape index (κ1) is 12.8. The number of ether oxygens (including phenoxy) is 1. The summed E-state index contributed by atoms with van der Waals surface area (Å²) in [6.07, 6.45) is 4.72. The first-order chi connectivity index (χ1) is 8.13. The minimum Gasteiger partial charge on any atom is -0.496 e. The highest BCUT2D eigenvalue weighted by Gasteiger charge is 2.29. The van der Waals surface area contributed by atoms with Crippen molar-refractivity contribution in [1.82, 2.24) is 0 Å². The average molecular weight is 253 g/mol. The highest BCUT2D eigenvalue weighted by molar-refractivity contribution is 6.20. The van der Waals surface area contributed by atoms with E-state index in [1.54, 1.807) is 7.11 Å². The van der Waals surface area contributed by atoms with Crippen molar-refractivity contribution in [2.75, 3.05) is 7.11 Å². The molecule has 1 aromatic rings. The van der Waals surface area contributed by atoms with Gasteiger partial charge in [0.15, 0.2) is 0 Å². The van der Waals surface area contributed by atoms with Crippen molar-refractivity contribution in [3.05, 3.63) is 28.8 Å². The Morgan fingerprint density at radius 2 is 2.06 bits per heavy atom. The van der Waals surface area contributed by atoms with E-state index in [1.807, 2.05) is 0 Å². The zero-order valence-electron chi connectivity index (χ0n) is 10.9. The van der Waals surface area contributed by atoms with Crippen LogP contribution in [0, 0.1) is 19.8 Å². The summed E-state index contributed by atoms with van der Waals surface area (Å²) in [6, 6.07) is 4.35. The molecule has 1 unspecified atom stereocenters. The second kappa shape index (κ2) is 5.30. The maximum Gasteiger partial charge on any atom is 0.125 e. The van der Waals surface area contributed by atoms with Gasteiger partial charge in [-0.2, -0.15) is 0 Å². The molecular formula is C15H21ClO. The fraction of sp³-hybridized carbons (Fsp3) is 0.600. The Bertz CT molecular complexity index is 396. The lowest BCUT2D eigenvalue weighted by Crippen LogP contribution is -2.05. The topological polar surface area (TPSA) is 9.23 Å². The standard InChI is InChI=1S/C15H21ClO/c1-10-4-5-13(15(17-3)11(10)2)8-9-14(16)12-6-7-12/h4-5,12,14H,6-9H2,1-3H3. The summed E-state index contributed by atoms with van der Waals surface area (Å²) >= 11 is 6.35. The summed E-state index contributed by atoms with van der Waals surface area (Å²) in [5.74, 6) is 1.82. The highest BCUT2D eigenvalue weighted by Crippen LogP contribution is 2.38. The SMILES string of the molecule is COc1c(CCC(Cl)C2CC2)ccc(C)c1C. The summed E-state index contributed by atoms with van der Waals surface area (Å²) < 4.78 is 5.52. The molecule has 1 saturated carbocycles. The van der Waals surface area contributed by atoms with E-state index in [0.29, 0.717) is 5.38 Å². The van der Waals surface area contributed by atoms with Gasteiger partial charge in [0.25, 0.3) is 0 Å². The molecule has 0 bridgehead atoms. The minimum absolute atomic E-state index is 0.348. The second-order valence-electron chi connectivity index (χ2n) is 5.09. The monoisotopic (exact) mass is 252 g/mol. The van der Waals surface area contributed by atoms with Gasteiger partial charge in [0, 0.05) is 5.38 Å². The lowest BCUT2D eigenvalue weighted by molar-refractivity contribution is 0.405. The van der Waals surface area contributed by atoms with Crippen LogP contribution in [0.4, 0.5) is 0 Å². The summed E-state index contributed by atoms with van der Waals surface area (Å²) in [5.41, 5.74) is 3.83. The van der Waals surface area contributed by atoms with Gasteiger partial charge in [0.2, 0.25) is 0 Å². The van der Waals surface area contributed by atoms with E-state index < -0.39 is 0 Å². The maximum atomic E-state index is 6.35. The van der Waals surface area contributed by atoms with Crippen molar-refractivity contribution >= 4 is 11.6 Å². The molecule has 1 aliphatic rings. The van der Waals surface area contributed by atoms with Crippen LogP contribution in [0.2, 0.25) is 0 Å². The first-order valence-corrected chi connectivity index (χ1v) is 6.84. The predicted molar refractivity (Wildman–Crippen MR) is 73.2 cm³/mol. The third-order valence-corrected chi connectivity index (χ3v) is 4.36. The Morgan fingerprint density at radius 3 is 2.65 bits per heavy atom. The van der Waals surface area contributed by atoms with E-state index in [4.69, 9.17) is 16.3 Å². The number of aryl methyl sites for hydroxylation is 2. The van der Waals surface area contributed by atoms with Crippen LogP contribution in [0.5, 0.6) is 5.75 Å². The van der Waals surface area contributed by atoms with Crippen LogP contribution >= 0.6 is 11.6 Å². The normalized spacial score (nSPS) is 16.9. The number of methoxy groups -OCH3 is 1. The zero-order valence-corrected chi connectivity index (χ0v) is 11.7. The van der Waals surface area contributed by atoms with Crippen LogP contribution in [0.1, 0.15) is 36.0 Å². The third-order valence-electron chi connectivity index (χ3n) is 3.79. The van der Waals surface area contributed by atoms with Gasteiger partial charge in [-0.15, -0.1) is 11.6 Å². The second-order valence-corrected chi connectivity index (χ2v) is 5.65. The number of rotatable bonds is 5. The summed E-state index contributed by atoms with van der Waals surface area (Å²) in [4.78, 5) is 0. The van der Waals surface area contributed by atoms with Crippen LogP contribution in [0.15, 0.2) is 12.1 Å². The van der Waals surface area contributed by atoms with Gasteiger partial charge in [-0.3, -0.25) is 0 Å². The fourth-order valence-corrected chi connectivity index (χ4v) is 2.68. The van der Waals surface area contributed by atoms with Gasteiger partial charge >= 0.3 is 0 Å².